The number of alkyl halides is 3. The predicted molar refractivity (Wildman–Crippen MR) is 124 cm³/mol. The molecule has 184 valence electrons. The maximum absolute atomic E-state index is 10.6. The highest BCUT2D eigenvalue weighted by atomic mass is 35.5. The molecule has 0 saturated carbocycles. The summed E-state index contributed by atoms with van der Waals surface area (Å²) in [4.78, 5) is 18.0. The Morgan fingerprint density at radius 2 is 1.94 bits per heavy atom. The van der Waals surface area contributed by atoms with Crippen LogP contribution in [0.4, 0.5) is 19.1 Å². The number of carboxylic acid groups (broad SMARTS) is 1. The quantitative estimate of drug-likeness (QED) is 0.482. The number of halogens is 4. The molecule has 0 aliphatic carbocycles. The maximum atomic E-state index is 10.6. The first-order chi connectivity index (χ1) is 16.0. The van der Waals surface area contributed by atoms with E-state index in [1.165, 1.54) is 5.69 Å². The lowest BCUT2D eigenvalue weighted by atomic mass is 10.0. The van der Waals surface area contributed by atoms with Crippen molar-refractivity contribution in [2.75, 3.05) is 18.4 Å². The Labute approximate surface area is 199 Å². The average Bonchev–Trinajstić information content (AvgIpc) is 3.10. The zero-order valence-corrected chi connectivity index (χ0v) is 19.7. The second-order valence-electron chi connectivity index (χ2n) is 8.26. The molecule has 0 spiro atoms. The highest BCUT2D eigenvalue weighted by Crippen LogP contribution is 2.32. The van der Waals surface area contributed by atoms with Gasteiger partial charge in [0, 0.05) is 29.7 Å². The Morgan fingerprint density at radius 3 is 2.53 bits per heavy atom. The highest BCUT2D eigenvalue weighted by molar-refractivity contribution is 6.33. The number of nitrogens with one attached hydrogen (secondary N) is 2. The molecule has 8 nitrogen and oxygen atoms in total. The van der Waals surface area contributed by atoms with Crippen molar-refractivity contribution in [3.8, 4) is 11.3 Å². The second-order valence-corrected chi connectivity index (χ2v) is 8.66. The van der Waals surface area contributed by atoms with E-state index in [9.17, 15) is 13.2 Å². The van der Waals surface area contributed by atoms with E-state index in [2.05, 4.69) is 40.6 Å². The van der Waals surface area contributed by atoms with Crippen LogP contribution in [0, 0.1) is 0 Å². The number of aromatic nitrogens is 4. The van der Waals surface area contributed by atoms with Crippen LogP contribution in [0.1, 0.15) is 38.3 Å². The molecule has 12 heteroatoms. The number of carbonyl (C=O) groups is 1. The zero-order valence-electron chi connectivity index (χ0n) is 18.9. The van der Waals surface area contributed by atoms with E-state index < -0.39 is 12.1 Å². The average molecular weight is 499 g/mol. The normalized spacial score (nSPS) is 14.7. The summed E-state index contributed by atoms with van der Waals surface area (Å²) in [5.74, 6) is -1.74. The van der Waals surface area contributed by atoms with Gasteiger partial charge in [-0.2, -0.15) is 18.3 Å². The minimum Gasteiger partial charge on any atom is -0.475 e. The first-order valence-corrected chi connectivity index (χ1v) is 11.1. The van der Waals surface area contributed by atoms with E-state index in [4.69, 9.17) is 26.5 Å². The third kappa shape index (κ3) is 6.15. The Bertz CT molecular complexity index is 1160. The molecule has 34 heavy (non-hydrogen) atoms. The fourth-order valence-corrected chi connectivity index (χ4v) is 4.04. The zero-order chi connectivity index (χ0) is 25.0. The molecule has 4 rings (SSSR count). The van der Waals surface area contributed by atoms with Gasteiger partial charge in [0.05, 0.1) is 22.4 Å². The summed E-state index contributed by atoms with van der Waals surface area (Å²) in [6, 6.07) is 6.60. The van der Waals surface area contributed by atoms with E-state index in [0.717, 1.165) is 48.1 Å². The summed E-state index contributed by atoms with van der Waals surface area (Å²) < 4.78 is 33.7. The first-order valence-electron chi connectivity index (χ1n) is 10.7. The molecule has 3 N–H and O–H groups in total. The first kappa shape index (κ1) is 25.7. The highest BCUT2D eigenvalue weighted by Gasteiger charge is 2.38. The van der Waals surface area contributed by atoms with Crippen LogP contribution in [0.25, 0.3) is 22.2 Å². The van der Waals surface area contributed by atoms with Crippen LogP contribution in [0.5, 0.6) is 0 Å². The van der Waals surface area contributed by atoms with Crippen LogP contribution >= 0.6 is 11.6 Å². The Morgan fingerprint density at radius 1 is 1.29 bits per heavy atom. The number of carboxylic acids is 1. The molecule has 1 fully saturated rings. The standard InChI is InChI=1S/C20H25ClN6.C2HF3O2/c1-12(2)19-15-10-13(4-5-17(15)26-27(19)3)18-16(21)11-23-20(25-18)24-14-6-8-22-9-7-14;3-2(4,5)1(6)7/h4-5,10-12,14,22H,6-9H2,1-3H3,(H,23,24,25);(H,6,7). The van der Waals surface area contributed by atoms with Gasteiger partial charge in [0.1, 0.15) is 0 Å². The molecule has 3 heterocycles. The number of aryl methyl sites for hydroxylation is 1. The number of anilines is 1. The van der Waals surface area contributed by atoms with Gasteiger partial charge in [-0.3, -0.25) is 4.68 Å². The van der Waals surface area contributed by atoms with Crippen LogP contribution in [0.15, 0.2) is 24.4 Å². The minimum atomic E-state index is -5.08. The number of benzene rings is 1. The lowest BCUT2D eigenvalue weighted by Gasteiger charge is -2.23. The van der Waals surface area contributed by atoms with E-state index in [0.29, 0.717) is 22.9 Å². The van der Waals surface area contributed by atoms with Crippen molar-refractivity contribution >= 4 is 34.4 Å². The molecule has 1 aromatic carbocycles. The third-order valence-electron chi connectivity index (χ3n) is 5.36. The van der Waals surface area contributed by atoms with Gasteiger partial charge < -0.3 is 15.7 Å². The Kier molecular flexibility index (Phi) is 7.98. The van der Waals surface area contributed by atoms with Crippen molar-refractivity contribution in [2.24, 2.45) is 7.05 Å². The largest absolute Gasteiger partial charge is 0.490 e. The topological polar surface area (TPSA) is 105 Å². The summed E-state index contributed by atoms with van der Waals surface area (Å²) in [6.45, 7) is 6.41. The van der Waals surface area contributed by atoms with E-state index in [1.807, 2.05) is 23.9 Å². The van der Waals surface area contributed by atoms with Gasteiger partial charge in [-0.05, 0) is 44.0 Å². The number of hydrogen-bond acceptors (Lipinski definition) is 6. The predicted octanol–water partition coefficient (Wildman–Crippen LogP) is 4.60. The van der Waals surface area contributed by atoms with Gasteiger partial charge in [0.25, 0.3) is 0 Å². The molecule has 1 saturated heterocycles. The fourth-order valence-electron chi connectivity index (χ4n) is 3.84. The maximum Gasteiger partial charge on any atom is 0.490 e. The van der Waals surface area contributed by atoms with Gasteiger partial charge in [0.2, 0.25) is 5.95 Å². The monoisotopic (exact) mass is 498 g/mol. The number of hydrogen-bond donors (Lipinski definition) is 3. The van der Waals surface area contributed by atoms with Crippen LogP contribution in [0.2, 0.25) is 5.02 Å². The SMILES string of the molecule is CC(C)c1c2cc(-c3nc(NC4CCNCC4)ncc3Cl)ccc2nn1C.O=C(O)C(F)(F)F. The summed E-state index contributed by atoms with van der Waals surface area (Å²) >= 11 is 6.45. The number of aliphatic carboxylic acids is 1. The molecule has 0 atom stereocenters. The van der Waals surface area contributed by atoms with Crippen molar-refractivity contribution in [3.63, 3.8) is 0 Å². The van der Waals surface area contributed by atoms with E-state index in [-0.39, 0.29) is 0 Å². The second kappa shape index (κ2) is 10.6. The molecule has 0 bridgehead atoms. The molecule has 1 aliphatic heterocycles. The smallest absolute Gasteiger partial charge is 0.475 e. The molecule has 1 aliphatic rings. The van der Waals surface area contributed by atoms with Crippen molar-refractivity contribution in [2.45, 2.75) is 44.8 Å². The molecule has 0 unspecified atom stereocenters. The fraction of sp³-hybridized carbons (Fsp3) is 0.455. The lowest BCUT2D eigenvalue weighted by Crippen LogP contribution is -2.35. The van der Waals surface area contributed by atoms with Gasteiger partial charge in [-0.1, -0.05) is 31.5 Å². The number of piperidine rings is 1. The van der Waals surface area contributed by atoms with Crippen LogP contribution < -0.4 is 10.6 Å². The van der Waals surface area contributed by atoms with Crippen molar-refractivity contribution in [1.82, 2.24) is 25.1 Å². The van der Waals surface area contributed by atoms with Crippen molar-refractivity contribution < 1.29 is 23.1 Å². The lowest BCUT2D eigenvalue weighted by molar-refractivity contribution is -0.192. The van der Waals surface area contributed by atoms with Gasteiger partial charge in [-0.25, -0.2) is 14.8 Å². The van der Waals surface area contributed by atoms with Crippen LogP contribution in [-0.4, -0.2) is 56.1 Å². The van der Waals surface area contributed by atoms with E-state index in [1.54, 1.807) is 6.20 Å². The molecule has 0 amide bonds. The minimum absolute atomic E-state index is 0.383. The van der Waals surface area contributed by atoms with Crippen LogP contribution in [0.3, 0.4) is 0 Å². The van der Waals surface area contributed by atoms with Gasteiger partial charge in [-0.15, -0.1) is 0 Å². The Balaban J connectivity index is 0.000000406. The Hall–Kier alpha value is -2.92. The molecule has 2 aromatic heterocycles. The molecular formula is C22H26ClF3N6O2. The van der Waals surface area contributed by atoms with Crippen molar-refractivity contribution in [3.05, 3.63) is 35.1 Å². The molecule has 3 aromatic rings. The number of nitrogens with zero attached hydrogens (tertiary/aromatic N) is 4. The van der Waals surface area contributed by atoms with Crippen molar-refractivity contribution in [1.29, 1.82) is 0 Å². The summed E-state index contributed by atoms with van der Waals surface area (Å²) in [6.07, 6.45) is -1.26. The third-order valence-corrected chi connectivity index (χ3v) is 5.63. The van der Waals surface area contributed by atoms with Gasteiger partial charge >= 0.3 is 12.1 Å². The number of rotatable bonds is 4. The van der Waals surface area contributed by atoms with Crippen LogP contribution in [-0.2, 0) is 11.8 Å². The number of fused-ring (bicyclic) bond motifs is 1. The van der Waals surface area contributed by atoms with Gasteiger partial charge in [0.15, 0.2) is 0 Å². The molecular weight excluding hydrogens is 473 g/mol. The summed E-state index contributed by atoms with van der Waals surface area (Å²) in [7, 11) is 1.99. The molecule has 0 radical (unpaired) electrons. The summed E-state index contributed by atoms with van der Waals surface area (Å²) in [5.41, 5.74) is 3.94. The summed E-state index contributed by atoms with van der Waals surface area (Å²) in [5, 5.41) is 20.3. The van der Waals surface area contributed by atoms with E-state index >= 15 is 0 Å².